The molecule has 0 aliphatic carbocycles. The van der Waals surface area contributed by atoms with E-state index in [0.29, 0.717) is 18.4 Å². The van der Waals surface area contributed by atoms with Crippen molar-refractivity contribution in [3.63, 3.8) is 0 Å². The Morgan fingerprint density at radius 1 is 1.35 bits per heavy atom. The third-order valence-corrected chi connectivity index (χ3v) is 2.56. The van der Waals surface area contributed by atoms with E-state index >= 15 is 0 Å². The lowest BCUT2D eigenvalue weighted by molar-refractivity contribution is -0.118. The zero-order valence-electron chi connectivity index (χ0n) is 10.2. The van der Waals surface area contributed by atoms with Gasteiger partial charge in [0.2, 0.25) is 5.91 Å². The quantitative estimate of drug-likeness (QED) is 0.791. The highest BCUT2D eigenvalue weighted by Crippen LogP contribution is 2.09. The second kappa shape index (κ2) is 6.35. The summed E-state index contributed by atoms with van der Waals surface area (Å²) in [5.41, 5.74) is 5.79. The van der Waals surface area contributed by atoms with Crippen LogP contribution in [0.3, 0.4) is 0 Å². The number of amides is 1. The molecular formula is C13H19FN2O. The molecule has 3 nitrogen and oxygen atoms in total. The molecule has 17 heavy (non-hydrogen) atoms. The van der Waals surface area contributed by atoms with Gasteiger partial charge in [0.1, 0.15) is 5.82 Å². The van der Waals surface area contributed by atoms with Gasteiger partial charge in [0, 0.05) is 18.5 Å². The normalized spacial score (nSPS) is 14.3. The molecule has 0 saturated carbocycles. The number of carbonyl (C=O) groups excluding carboxylic acids is 1. The van der Waals surface area contributed by atoms with Gasteiger partial charge in [0.05, 0.1) is 0 Å². The average Bonchev–Trinajstić information content (AvgIpc) is 2.19. The van der Waals surface area contributed by atoms with Gasteiger partial charge in [-0.2, -0.15) is 0 Å². The van der Waals surface area contributed by atoms with Crippen LogP contribution in [0.25, 0.3) is 0 Å². The van der Waals surface area contributed by atoms with Crippen molar-refractivity contribution in [2.24, 2.45) is 5.73 Å². The summed E-state index contributed by atoms with van der Waals surface area (Å²) in [6, 6.07) is 6.82. The van der Waals surface area contributed by atoms with Crippen LogP contribution in [0, 0.1) is 5.82 Å². The van der Waals surface area contributed by atoms with Gasteiger partial charge in [-0.05, 0) is 31.9 Å². The molecule has 0 spiro atoms. The molecule has 3 N–H and O–H groups in total. The Balaban J connectivity index is 2.47. The molecule has 0 saturated heterocycles. The van der Waals surface area contributed by atoms with Gasteiger partial charge in [-0.3, -0.25) is 4.79 Å². The molecule has 0 fully saturated rings. The third kappa shape index (κ3) is 4.95. The minimum absolute atomic E-state index is 0.00859. The monoisotopic (exact) mass is 238 g/mol. The summed E-state index contributed by atoms with van der Waals surface area (Å²) in [5.74, 6) is -0.521. The maximum atomic E-state index is 13.4. The number of carbonyl (C=O) groups is 1. The Morgan fingerprint density at radius 2 is 2.00 bits per heavy atom. The number of nitrogens with one attached hydrogen (secondary N) is 1. The van der Waals surface area contributed by atoms with Gasteiger partial charge >= 0.3 is 0 Å². The number of hydrogen-bond donors (Lipinski definition) is 2. The topological polar surface area (TPSA) is 55.1 Å². The summed E-state index contributed by atoms with van der Waals surface area (Å²) in [7, 11) is 0. The predicted octanol–water partition coefficient (Wildman–Crippen LogP) is 1.61. The van der Waals surface area contributed by atoms with E-state index < -0.39 is 0 Å². The van der Waals surface area contributed by atoms with E-state index in [2.05, 4.69) is 5.32 Å². The fraction of sp³-hybridized carbons (Fsp3) is 0.462. The fourth-order valence-corrected chi connectivity index (χ4v) is 1.90. The van der Waals surface area contributed by atoms with Crippen LogP contribution in [0.5, 0.6) is 0 Å². The minimum Gasteiger partial charge on any atom is -0.370 e. The standard InChI is InChI=1S/C13H19FN2O/c1-9(16-10(2)8-13(15)17)7-11-5-3-4-6-12(11)14/h3-6,9-10,16H,7-8H2,1-2H3,(H2,15,17). The van der Waals surface area contributed by atoms with Crippen molar-refractivity contribution in [2.45, 2.75) is 38.8 Å². The largest absolute Gasteiger partial charge is 0.370 e. The van der Waals surface area contributed by atoms with E-state index in [1.165, 1.54) is 6.07 Å². The van der Waals surface area contributed by atoms with Gasteiger partial charge in [-0.15, -0.1) is 0 Å². The lowest BCUT2D eigenvalue weighted by Crippen LogP contribution is -2.38. The molecule has 0 aliphatic heterocycles. The van der Waals surface area contributed by atoms with Gasteiger partial charge in [0.15, 0.2) is 0 Å². The van der Waals surface area contributed by atoms with E-state index in [4.69, 9.17) is 5.73 Å². The first-order valence-electron chi connectivity index (χ1n) is 5.76. The highest BCUT2D eigenvalue weighted by atomic mass is 19.1. The van der Waals surface area contributed by atoms with E-state index in [9.17, 15) is 9.18 Å². The van der Waals surface area contributed by atoms with Crippen LogP contribution in [0.2, 0.25) is 0 Å². The average molecular weight is 238 g/mol. The number of halogens is 1. The zero-order chi connectivity index (χ0) is 12.8. The molecular weight excluding hydrogens is 219 g/mol. The van der Waals surface area contributed by atoms with Crippen molar-refractivity contribution in [1.82, 2.24) is 5.32 Å². The Bertz CT molecular complexity index is 381. The van der Waals surface area contributed by atoms with Crippen LogP contribution >= 0.6 is 0 Å². The second-order valence-electron chi connectivity index (χ2n) is 4.43. The van der Waals surface area contributed by atoms with Crippen LogP contribution in [0.4, 0.5) is 4.39 Å². The summed E-state index contributed by atoms with van der Waals surface area (Å²) in [6.45, 7) is 3.85. The molecule has 0 radical (unpaired) electrons. The minimum atomic E-state index is -0.330. The zero-order valence-corrected chi connectivity index (χ0v) is 10.2. The van der Waals surface area contributed by atoms with Crippen molar-refractivity contribution >= 4 is 5.91 Å². The number of rotatable bonds is 6. The van der Waals surface area contributed by atoms with E-state index in [1.807, 2.05) is 19.9 Å². The molecule has 0 aliphatic rings. The SMILES string of the molecule is CC(CC(N)=O)NC(C)Cc1ccccc1F. The van der Waals surface area contributed by atoms with Crippen molar-refractivity contribution in [2.75, 3.05) is 0 Å². The first-order valence-corrected chi connectivity index (χ1v) is 5.76. The molecule has 1 amide bonds. The molecule has 4 heteroatoms. The van der Waals surface area contributed by atoms with E-state index in [-0.39, 0.29) is 23.8 Å². The Morgan fingerprint density at radius 3 is 2.59 bits per heavy atom. The second-order valence-corrected chi connectivity index (χ2v) is 4.43. The van der Waals surface area contributed by atoms with Gasteiger partial charge in [0.25, 0.3) is 0 Å². The van der Waals surface area contributed by atoms with Gasteiger partial charge in [-0.25, -0.2) is 4.39 Å². The van der Waals surface area contributed by atoms with Crippen molar-refractivity contribution in [1.29, 1.82) is 0 Å². The van der Waals surface area contributed by atoms with Crippen molar-refractivity contribution in [3.05, 3.63) is 35.6 Å². The third-order valence-electron chi connectivity index (χ3n) is 2.56. The summed E-state index contributed by atoms with van der Waals surface area (Å²) < 4.78 is 13.4. The number of benzene rings is 1. The Hall–Kier alpha value is -1.42. The van der Waals surface area contributed by atoms with Gasteiger partial charge in [-0.1, -0.05) is 18.2 Å². The summed E-state index contributed by atoms with van der Waals surface area (Å²) in [4.78, 5) is 10.7. The smallest absolute Gasteiger partial charge is 0.218 e. The molecule has 94 valence electrons. The number of nitrogens with two attached hydrogens (primary N) is 1. The van der Waals surface area contributed by atoms with Crippen LogP contribution in [0.1, 0.15) is 25.8 Å². The first kappa shape index (κ1) is 13.6. The number of primary amides is 1. The Kier molecular flexibility index (Phi) is 5.10. The van der Waals surface area contributed by atoms with Crippen molar-refractivity contribution in [3.8, 4) is 0 Å². The maximum absolute atomic E-state index is 13.4. The van der Waals surface area contributed by atoms with Crippen LogP contribution in [-0.2, 0) is 11.2 Å². The first-order chi connectivity index (χ1) is 7.99. The lowest BCUT2D eigenvalue weighted by Gasteiger charge is -2.19. The molecule has 2 unspecified atom stereocenters. The summed E-state index contributed by atoms with van der Waals surface area (Å²) >= 11 is 0. The summed E-state index contributed by atoms with van der Waals surface area (Å²) in [5, 5.41) is 3.22. The van der Waals surface area contributed by atoms with E-state index in [1.54, 1.807) is 12.1 Å². The van der Waals surface area contributed by atoms with Crippen LogP contribution in [0.15, 0.2) is 24.3 Å². The number of hydrogen-bond acceptors (Lipinski definition) is 2. The highest BCUT2D eigenvalue weighted by Gasteiger charge is 2.11. The van der Waals surface area contributed by atoms with Crippen LogP contribution in [-0.4, -0.2) is 18.0 Å². The maximum Gasteiger partial charge on any atom is 0.218 e. The molecule has 1 rings (SSSR count). The Labute approximate surface area is 101 Å². The van der Waals surface area contributed by atoms with Crippen LogP contribution < -0.4 is 11.1 Å². The van der Waals surface area contributed by atoms with Gasteiger partial charge < -0.3 is 11.1 Å². The molecule has 0 bridgehead atoms. The fourth-order valence-electron chi connectivity index (χ4n) is 1.90. The lowest BCUT2D eigenvalue weighted by atomic mass is 10.1. The van der Waals surface area contributed by atoms with Crippen molar-refractivity contribution < 1.29 is 9.18 Å². The predicted molar refractivity (Wildman–Crippen MR) is 66.0 cm³/mol. The molecule has 0 heterocycles. The molecule has 1 aromatic carbocycles. The molecule has 0 aromatic heterocycles. The highest BCUT2D eigenvalue weighted by molar-refractivity contribution is 5.74. The summed E-state index contributed by atoms with van der Waals surface area (Å²) in [6.07, 6.45) is 0.886. The molecule has 1 aromatic rings. The molecule has 2 atom stereocenters. The van der Waals surface area contributed by atoms with E-state index in [0.717, 1.165) is 0 Å².